The van der Waals surface area contributed by atoms with Crippen molar-refractivity contribution in [3.63, 3.8) is 0 Å². The molecule has 0 radical (unpaired) electrons. The summed E-state index contributed by atoms with van der Waals surface area (Å²) in [5.41, 5.74) is 1.05. The largest absolute Gasteiger partial charge is 0.496 e. The molecule has 0 spiro atoms. The average molecular weight is 341 g/mol. The minimum atomic E-state index is -0.111. The van der Waals surface area contributed by atoms with Gasteiger partial charge in [0.25, 0.3) is 0 Å². The van der Waals surface area contributed by atoms with Gasteiger partial charge in [-0.25, -0.2) is 0 Å². The number of H-pyrrole nitrogens is 1. The number of aryl methyl sites for hydroxylation is 1. The Morgan fingerprint density at radius 1 is 1.36 bits per heavy atom. The van der Waals surface area contributed by atoms with E-state index in [-0.39, 0.29) is 5.91 Å². The SMILES string of the molecule is COc1cccc2c1ccn2CCC(=O)Nc1n[nH]c(CC(C)C)n1. The third kappa shape index (κ3) is 3.99. The second-order valence-electron chi connectivity index (χ2n) is 6.40. The van der Waals surface area contributed by atoms with E-state index < -0.39 is 0 Å². The smallest absolute Gasteiger partial charge is 0.248 e. The van der Waals surface area contributed by atoms with Crippen molar-refractivity contribution in [1.29, 1.82) is 0 Å². The molecule has 0 aliphatic heterocycles. The molecule has 0 aliphatic rings. The molecule has 0 bridgehead atoms. The van der Waals surface area contributed by atoms with E-state index in [2.05, 4.69) is 34.3 Å². The van der Waals surface area contributed by atoms with Crippen LogP contribution in [0.25, 0.3) is 10.9 Å². The molecule has 3 rings (SSSR count). The van der Waals surface area contributed by atoms with Crippen molar-refractivity contribution in [2.24, 2.45) is 5.92 Å². The molecule has 2 aromatic heterocycles. The molecule has 0 saturated heterocycles. The van der Waals surface area contributed by atoms with Gasteiger partial charge in [-0.1, -0.05) is 19.9 Å². The van der Waals surface area contributed by atoms with Crippen LogP contribution < -0.4 is 10.1 Å². The number of fused-ring (bicyclic) bond motifs is 1. The number of carbonyl (C=O) groups excluding carboxylic acids is 1. The van der Waals surface area contributed by atoms with Crippen molar-refractivity contribution < 1.29 is 9.53 Å². The standard InChI is InChI=1S/C18H23N5O2/c1-12(2)11-16-19-18(22-21-16)20-17(24)8-10-23-9-7-13-14(23)5-4-6-15(13)25-3/h4-7,9,12H,8,10-11H2,1-3H3,(H2,19,20,21,22,24). The molecular formula is C18H23N5O2. The van der Waals surface area contributed by atoms with Gasteiger partial charge >= 0.3 is 0 Å². The molecule has 1 amide bonds. The lowest BCUT2D eigenvalue weighted by Gasteiger charge is -2.06. The van der Waals surface area contributed by atoms with Crippen molar-refractivity contribution in [2.75, 3.05) is 12.4 Å². The van der Waals surface area contributed by atoms with Crippen LogP contribution >= 0.6 is 0 Å². The number of amides is 1. The van der Waals surface area contributed by atoms with Gasteiger partial charge in [-0.3, -0.25) is 15.2 Å². The number of hydrogen-bond acceptors (Lipinski definition) is 4. The maximum absolute atomic E-state index is 12.2. The zero-order valence-corrected chi connectivity index (χ0v) is 14.7. The Labute approximate surface area is 146 Å². The second-order valence-corrected chi connectivity index (χ2v) is 6.40. The van der Waals surface area contributed by atoms with Gasteiger partial charge < -0.3 is 9.30 Å². The lowest BCUT2D eigenvalue weighted by molar-refractivity contribution is -0.116. The fourth-order valence-corrected chi connectivity index (χ4v) is 2.81. The molecule has 25 heavy (non-hydrogen) atoms. The van der Waals surface area contributed by atoms with Crippen molar-refractivity contribution >= 4 is 22.8 Å². The number of ether oxygens (including phenoxy) is 1. The topological polar surface area (TPSA) is 84.8 Å². The van der Waals surface area contributed by atoms with Gasteiger partial charge in [-0.15, -0.1) is 5.10 Å². The first-order valence-corrected chi connectivity index (χ1v) is 8.40. The predicted molar refractivity (Wildman–Crippen MR) is 96.7 cm³/mol. The highest BCUT2D eigenvalue weighted by molar-refractivity contribution is 5.89. The highest BCUT2D eigenvalue weighted by Gasteiger charge is 2.10. The Kier molecular flexibility index (Phi) is 5.02. The van der Waals surface area contributed by atoms with E-state index in [0.29, 0.717) is 24.8 Å². The molecular weight excluding hydrogens is 318 g/mol. The van der Waals surface area contributed by atoms with Crippen molar-refractivity contribution in [2.45, 2.75) is 33.2 Å². The lowest BCUT2D eigenvalue weighted by atomic mass is 10.1. The zero-order valence-electron chi connectivity index (χ0n) is 14.7. The number of anilines is 1. The Morgan fingerprint density at radius 3 is 2.96 bits per heavy atom. The van der Waals surface area contributed by atoms with Gasteiger partial charge in [0, 0.05) is 31.0 Å². The molecule has 3 aromatic rings. The quantitative estimate of drug-likeness (QED) is 0.692. The van der Waals surface area contributed by atoms with Crippen LogP contribution in [0.2, 0.25) is 0 Å². The molecule has 0 aliphatic carbocycles. The Bertz CT molecular complexity index is 865. The molecule has 132 valence electrons. The fourth-order valence-electron chi connectivity index (χ4n) is 2.81. The first kappa shape index (κ1) is 17.0. The van der Waals surface area contributed by atoms with Gasteiger partial charge in [0.15, 0.2) is 0 Å². The van der Waals surface area contributed by atoms with Gasteiger partial charge in [0.05, 0.1) is 12.6 Å². The van der Waals surface area contributed by atoms with Gasteiger partial charge in [-0.2, -0.15) is 4.98 Å². The van der Waals surface area contributed by atoms with Crippen LogP contribution in [0.15, 0.2) is 30.5 Å². The summed E-state index contributed by atoms with van der Waals surface area (Å²) in [5, 5.41) is 10.7. The number of rotatable bonds is 7. The number of nitrogens with one attached hydrogen (secondary N) is 2. The minimum Gasteiger partial charge on any atom is -0.496 e. The summed E-state index contributed by atoms with van der Waals surface area (Å²) >= 11 is 0. The molecule has 2 N–H and O–H groups in total. The van der Waals surface area contributed by atoms with Gasteiger partial charge in [-0.05, 0) is 24.1 Å². The van der Waals surface area contributed by atoms with Crippen molar-refractivity contribution in [1.82, 2.24) is 19.7 Å². The van der Waals surface area contributed by atoms with E-state index >= 15 is 0 Å². The summed E-state index contributed by atoms with van der Waals surface area (Å²) in [6.07, 6.45) is 3.11. The van der Waals surface area contributed by atoms with Crippen LogP contribution in [0.4, 0.5) is 5.95 Å². The molecule has 2 heterocycles. The normalized spacial score (nSPS) is 11.2. The van der Waals surface area contributed by atoms with E-state index in [0.717, 1.165) is 28.9 Å². The van der Waals surface area contributed by atoms with E-state index in [1.165, 1.54) is 0 Å². The Hall–Kier alpha value is -2.83. The van der Waals surface area contributed by atoms with Gasteiger partial charge in [0.1, 0.15) is 11.6 Å². The number of carbonyl (C=O) groups is 1. The number of benzene rings is 1. The third-order valence-electron chi connectivity index (χ3n) is 3.96. The maximum Gasteiger partial charge on any atom is 0.248 e. The number of nitrogens with zero attached hydrogens (tertiary/aromatic N) is 3. The first-order chi connectivity index (χ1) is 12.1. The minimum absolute atomic E-state index is 0.111. The van der Waals surface area contributed by atoms with Crippen LogP contribution in [0.5, 0.6) is 5.75 Å². The predicted octanol–water partition coefficient (Wildman–Crippen LogP) is 3.00. The summed E-state index contributed by atoms with van der Waals surface area (Å²) in [7, 11) is 1.66. The maximum atomic E-state index is 12.2. The van der Waals surface area contributed by atoms with Crippen LogP contribution in [-0.4, -0.2) is 32.8 Å². The Morgan fingerprint density at radius 2 is 2.20 bits per heavy atom. The number of hydrogen-bond donors (Lipinski definition) is 2. The van der Waals surface area contributed by atoms with Crippen molar-refractivity contribution in [3.8, 4) is 5.75 Å². The Balaban J connectivity index is 1.60. The molecule has 7 nitrogen and oxygen atoms in total. The summed E-state index contributed by atoms with van der Waals surface area (Å²) < 4.78 is 7.40. The van der Waals surface area contributed by atoms with Crippen LogP contribution in [0.3, 0.4) is 0 Å². The fraction of sp³-hybridized carbons (Fsp3) is 0.389. The molecule has 7 heteroatoms. The molecule has 0 unspecified atom stereocenters. The molecule has 0 saturated carbocycles. The van der Waals surface area contributed by atoms with E-state index in [4.69, 9.17) is 4.74 Å². The highest BCUT2D eigenvalue weighted by Crippen LogP contribution is 2.26. The second kappa shape index (κ2) is 7.38. The molecule has 1 aromatic carbocycles. The number of aromatic nitrogens is 4. The average Bonchev–Trinajstić information content (AvgIpc) is 3.19. The van der Waals surface area contributed by atoms with Crippen LogP contribution in [-0.2, 0) is 17.8 Å². The summed E-state index contributed by atoms with van der Waals surface area (Å²) in [6.45, 7) is 4.79. The summed E-state index contributed by atoms with van der Waals surface area (Å²) in [6, 6.07) is 7.89. The third-order valence-corrected chi connectivity index (χ3v) is 3.96. The van der Waals surface area contributed by atoms with E-state index in [1.54, 1.807) is 7.11 Å². The first-order valence-electron chi connectivity index (χ1n) is 8.40. The lowest BCUT2D eigenvalue weighted by Crippen LogP contribution is -2.15. The summed E-state index contributed by atoms with van der Waals surface area (Å²) in [5.74, 6) is 2.32. The summed E-state index contributed by atoms with van der Waals surface area (Å²) in [4.78, 5) is 16.4. The molecule has 0 atom stereocenters. The highest BCUT2D eigenvalue weighted by atomic mass is 16.5. The monoisotopic (exact) mass is 341 g/mol. The van der Waals surface area contributed by atoms with Crippen LogP contribution in [0.1, 0.15) is 26.1 Å². The van der Waals surface area contributed by atoms with Crippen molar-refractivity contribution in [3.05, 3.63) is 36.3 Å². The molecule has 0 fully saturated rings. The van der Waals surface area contributed by atoms with Gasteiger partial charge in [0.2, 0.25) is 11.9 Å². The number of aromatic amines is 1. The zero-order chi connectivity index (χ0) is 17.8. The van der Waals surface area contributed by atoms with E-state index in [9.17, 15) is 4.79 Å². The van der Waals surface area contributed by atoms with E-state index in [1.807, 2.05) is 35.0 Å². The number of methoxy groups -OCH3 is 1. The van der Waals surface area contributed by atoms with Crippen LogP contribution in [0, 0.1) is 5.92 Å².